The maximum Gasteiger partial charge on any atom is 0.323 e. The summed E-state index contributed by atoms with van der Waals surface area (Å²) < 4.78 is 40.4. The first-order valence-corrected chi connectivity index (χ1v) is 7.91. The minimum atomic E-state index is -4.00. The second-order valence-electron chi connectivity index (χ2n) is 4.52. The van der Waals surface area contributed by atoms with Crippen LogP contribution in [0.15, 0.2) is 46.1 Å². The van der Waals surface area contributed by atoms with Crippen LogP contribution >= 0.6 is 11.6 Å². The van der Waals surface area contributed by atoms with Crippen molar-refractivity contribution >= 4 is 38.3 Å². The second kappa shape index (κ2) is 5.15. The summed E-state index contributed by atoms with van der Waals surface area (Å²) in [6.45, 7) is 0. The minimum Gasteiger partial charge on any atom is -0.306 e. The summed E-state index contributed by atoms with van der Waals surface area (Å²) in [5.74, 6) is -0.785. The lowest BCUT2D eigenvalue weighted by Crippen LogP contribution is -2.13. The number of nitrogens with one attached hydrogen (secondary N) is 3. The number of sulfonamides is 1. The van der Waals surface area contributed by atoms with Crippen molar-refractivity contribution in [3.8, 4) is 0 Å². The van der Waals surface area contributed by atoms with Crippen LogP contribution in [0.1, 0.15) is 0 Å². The van der Waals surface area contributed by atoms with Crippen LogP contribution in [0.3, 0.4) is 0 Å². The molecule has 3 N–H and O–H groups in total. The van der Waals surface area contributed by atoms with Gasteiger partial charge in [-0.1, -0.05) is 11.6 Å². The molecule has 9 heteroatoms. The van der Waals surface area contributed by atoms with E-state index in [2.05, 4.69) is 14.7 Å². The van der Waals surface area contributed by atoms with E-state index in [4.69, 9.17) is 11.6 Å². The van der Waals surface area contributed by atoms with Gasteiger partial charge in [-0.3, -0.25) is 4.72 Å². The molecule has 0 amide bonds. The molecule has 0 aliphatic rings. The Morgan fingerprint density at radius 3 is 2.50 bits per heavy atom. The summed E-state index contributed by atoms with van der Waals surface area (Å²) in [6, 6.07) is 7.64. The van der Waals surface area contributed by atoms with Gasteiger partial charge in [0.2, 0.25) is 0 Å². The van der Waals surface area contributed by atoms with Crippen molar-refractivity contribution in [2.75, 3.05) is 4.72 Å². The van der Waals surface area contributed by atoms with E-state index < -0.39 is 21.5 Å². The summed E-state index contributed by atoms with van der Waals surface area (Å²) in [5, 5.41) is 0.159. The maximum absolute atomic E-state index is 13.7. The summed E-state index contributed by atoms with van der Waals surface area (Å²) in [7, 11) is -4.00. The van der Waals surface area contributed by atoms with Gasteiger partial charge in [-0.05, 0) is 36.4 Å². The monoisotopic (exact) mass is 341 g/mol. The topological polar surface area (TPSA) is 94.8 Å². The molecule has 0 radical (unpaired) electrons. The number of anilines is 1. The molecule has 0 bridgehead atoms. The molecule has 1 aromatic heterocycles. The lowest BCUT2D eigenvalue weighted by Gasteiger charge is -2.09. The molecule has 3 aromatic rings. The van der Waals surface area contributed by atoms with E-state index in [9.17, 15) is 17.6 Å². The highest BCUT2D eigenvalue weighted by Gasteiger charge is 2.17. The standard InChI is InChI=1S/C13H9ClFN3O3S/c14-7-1-3-10(9(15)5-7)18-22(20,21)8-2-4-11-12(6-8)17-13(19)16-11/h1-6,18H,(H2,16,17,19). The molecule has 0 saturated carbocycles. The largest absolute Gasteiger partial charge is 0.323 e. The van der Waals surface area contributed by atoms with Gasteiger partial charge in [0, 0.05) is 5.02 Å². The number of hydrogen-bond acceptors (Lipinski definition) is 3. The Bertz CT molecular complexity index is 1030. The van der Waals surface area contributed by atoms with Crippen LogP contribution in [-0.2, 0) is 10.0 Å². The van der Waals surface area contributed by atoms with E-state index in [-0.39, 0.29) is 15.6 Å². The molecular formula is C13H9ClFN3O3S. The Kier molecular flexibility index (Phi) is 3.42. The van der Waals surface area contributed by atoms with Gasteiger partial charge in [-0.25, -0.2) is 17.6 Å². The van der Waals surface area contributed by atoms with Crippen molar-refractivity contribution in [1.82, 2.24) is 9.97 Å². The fourth-order valence-electron chi connectivity index (χ4n) is 1.95. The molecule has 0 saturated heterocycles. The van der Waals surface area contributed by atoms with Gasteiger partial charge in [0.25, 0.3) is 10.0 Å². The predicted molar refractivity (Wildman–Crippen MR) is 81.1 cm³/mol. The van der Waals surface area contributed by atoms with Crippen LogP contribution in [0.25, 0.3) is 11.0 Å². The van der Waals surface area contributed by atoms with Gasteiger partial charge in [0.15, 0.2) is 0 Å². The zero-order valence-electron chi connectivity index (χ0n) is 10.9. The van der Waals surface area contributed by atoms with Gasteiger partial charge in [0.1, 0.15) is 5.82 Å². The van der Waals surface area contributed by atoms with E-state index >= 15 is 0 Å². The molecule has 1 heterocycles. The normalized spacial score (nSPS) is 11.7. The molecule has 114 valence electrons. The van der Waals surface area contributed by atoms with Crippen LogP contribution in [0.5, 0.6) is 0 Å². The first-order valence-electron chi connectivity index (χ1n) is 6.05. The number of benzene rings is 2. The van der Waals surface area contributed by atoms with E-state index in [1.807, 2.05) is 0 Å². The molecule has 3 rings (SSSR count). The highest BCUT2D eigenvalue weighted by Crippen LogP contribution is 2.23. The lowest BCUT2D eigenvalue weighted by molar-refractivity contribution is 0.598. The van der Waals surface area contributed by atoms with Crippen LogP contribution in [-0.4, -0.2) is 18.4 Å². The Morgan fingerprint density at radius 1 is 1.05 bits per heavy atom. The van der Waals surface area contributed by atoms with Crippen molar-refractivity contribution in [2.24, 2.45) is 0 Å². The molecule has 6 nitrogen and oxygen atoms in total. The fourth-order valence-corrected chi connectivity index (χ4v) is 3.21. The molecule has 0 aliphatic heterocycles. The summed E-state index contributed by atoms with van der Waals surface area (Å²) in [4.78, 5) is 16.0. The quantitative estimate of drug-likeness (QED) is 0.683. The predicted octanol–water partition coefficient (Wildman–Crippen LogP) is 2.45. The van der Waals surface area contributed by atoms with E-state index in [1.54, 1.807) is 0 Å². The third-order valence-electron chi connectivity index (χ3n) is 2.97. The molecule has 0 fully saturated rings. The third-order valence-corrected chi connectivity index (χ3v) is 4.57. The van der Waals surface area contributed by atoms with E-state index in [0.717, 1.165) is 6.07 Å². The zero-order valence-corrected chi connectivity index (χ0v) is 12.4. The van der Waals surface area contributed by atoms with Crippen LogP contribution in [0.4, 0.5) is 10.1 Å². The third kappa shape index (κ3) is 2.70. The highest BCUT2D eigenvalue weighted by atomic mass is 35.5. The molecule has 22 heavy (non-hydrogen) atoms. The molecule has 0 atom stereocenters. The number of aromatic nitrogens is 2. The molecule has 0 spiro atoms. The summed E-state index contributed by atoms with van der Waals surface area (Å²) in [6.07, 6.45) is 0. The van der Waals surface area contributed by atoms with Gasteiger partial charge in [-0.2, -0.15) is 0 Å². The molecular weight excluding hydrogens is 333 g/mol. The van der Waals surface area contributed by atoms with E-state index in [0.29, 0.717) is 11.0 Å². The second-order valence-corrected chi connectivity index (χ2v) is 6.64. The molecule has 2 aromatic carbocycles. The van der Waals surface area contributed by atoms with Crippen molar-refractivity contribution in [1.29, 1.82) is 0 Å². The number of halogens is 2. The minimum absolute atomic E-state index is 0.107. The van der Waals surface area contributed by atoms with Crippen molar-refractivity contribution in [2.45, 2.75) is 4.90 Å². The van der Waals surface area contributed by atoms with Gasteiger partial charge < -0.3 is 9.97 Å². The number of aromatic amines is 2. The lowest BCUT2D eigenvalue weighted by atomic mass is 10.3. The number of H-pyrrole nitrogens is 2. The van der Waals surface area contributed by atoms with Crippen LogP contribution < -0.4 is 10.4 Å². The number of rotatable bonds is 3. The zero-order chi connectivity index (χ0) is 15.9. The Morgan fingerprint density at radius 2 is 1.77 bits per heavy atom. The highest BCUT2D eigenvalue weighted by molar-refractivity contribution is 7.92. The maximum atomic E-state index is 13.7. The smallest absolute Gasteiger partial charge is 0.306 e. The number of imidazole rings is 1. The van der Waals surface area contributed by atoms with E-state index in [1.165, 1.54) is 30.3 Å². The van der Waals surface area contributed by atoms with Gasteiger partial charge in [-0.15, -0.1) is 0 Å². The van der Waals surface area contributed by atoms with Crippen LogP contribution in [0, 0.1) is 5.82 Å². The van der Waals surface area contributed by atoms with Gasteiger partial charge in [0.05, 0.1) is 21.6 Å². The average molecular weight is 342 g/mol. The Hall–Kier alpha value is -2.32. The van der Waals surface area contributed by atoms with Crippen molar-refractivity contribution < 1.29 is 12.8 Å². The SMILES string of the molecule is O=c1[nH]c2ccc(S(=O)(=O)Nc3ccc(Cl)cc3F)cc2[nH]1. The van der Waals surface area contributed by atoms with Gasteiger partial charge >= 0.3 is 5.69 Å². The number of hydrogen-bond donors (Lipinski definition) is 3. The fraction of sp³-hybridized carbons (Fsp3) is 0. The first-order chi connectivity index (χ1) is 10.3. The number of fused-ring (bicyclic) bond motifs is 1. The molecule has 0 unspecified atom stereocenters. The Labute approximate surface area is 129 Å². The van der Waals surface area contributed by atoms with Crippen molar-refractivity contribution in [3.63, 3.8) is 0 Å². The average Bonchev–Trinajstić information content (AvgIpc) is 2.81. The van der Waals surface area contributed by atoms with Crippen molar-refractivity contribution in [3.05, 3.63) is 57.7 Å². The Balaban J connectivity index is 2.01. The summed E-state index contributed by atoms with van der Waals surface area (Å²) >= 11 is 5.62. The van der Waals surface area contributed by atoms with Crippen LogP contribution in [0.2, 0.25) is 5.02 Å². The first kappa shape index (κ1) is 14.6. The summed E-state index contributed by atoms with van der Waals surface area (Å²) in [5.41, 5.74) is 0.152. The molecule has 0 aliphatic carbocycles.